The first kappa shape index (κ1) is 17.9. The van der Waals surface area contributed by atoms with Crippen LogP contribution in [-0.4, -0.2) is 59.7 Å². The summed E-state index contributed by atoms with van der Waals surface area (Å²) in [7, 11) is -1.80. The highest BCUT2D eigenvalue weighted by Gasteiger charge is 2.19. The van der Waals surface area contributed by atoms with Crippen LogP contribution in [0.1, 0.15) is 12.2 Å². The number of likely N-dealkylation sites (N-methyl/N-ethyl adjacent to an activating group) is 1. The number of carbonyl (C=O) groups is 2. The first-order valence-electron chi connectivity index (χ1n) is 7.25. The number of para-hydroxylation sites is 2. The maximum absolute atomic E-state index is 12.3. The Labute approximate surface area is 139 Å². The Bertz CT molecular complexity index is 872. The molecule has 0 aliphatic heterocycles. The topological polar surface area (TPSA) is 110 Å². The molecule has 1 aromatic carbocycles. The molecular formula is C15H19N3O5S. The van der Waals surface area contributed by atoms with Gasteiger partial charge in [-0.2, -0.15) is 0 Å². The lowest BCUT2D eigenvalue weighted by molar-refractivity contribution is -0.138. The average molecular weight is 353 g/mol. The minimum Gasteiger partial charge on any atom is -0.481 e. The summed E-state index contributed by atoms with van der Waals surface area (Å²) in [6, 6.07) is 7.07. The van der Waals surface area contributed by atoms with E-state index in [0.29, 0.717) is 16.9 Å². The number of fused-ring (bicyclic) bond motifs is 1. The number of carboxylic acids is 1. The van der Waals surface area contributed by atoms with E-state index in [4.69, 9.17) is 5.11 Å². The summed E-state index contributed by atoms with van der Waals surface area (Å²) >= 11 is 0. The van der Waals surface area contributed by atoms with Gasteiger partial charge >= 0.3 is 5.97 Å². The normalized spacial score (nSPS) is 11.6. The van der Waals surface area contributed by atoms with E-state index in [0.717, 1.165) is 6.26 Å². The Kier molecular flexibility index (Phi) is 5.23. The molecule has 0 aliphatic carbocycles. The number of rotatable bonds is 7. The summed E-state index contributed by atoms with van der Waals surface area (Å²) < 4.78 is 24.8. The molecule has 1 N–H and O–H groups in total. The summed E-state index contributed by atoms with van der Waals surface area (Å²) in [5.74, 6) is -1.28. The van der Waals surface area contributed by atoms with E-state index in [1.54, 1.807) is 28.8 Å². The van der Waals surface area contributed by atoms with Crippen LogP contribution in [0.25, 0.3) is 11.0 Å². The Morgan fingerprint density at radius 2 is 1.96 bits per heavy atom. The molecule has 0 saturated heterocycles. The fourth-order valence-corrected chi connectivity index (χ4v) is 2.98. The molecule has 24 heavy (non-hydrogen) atoms. The van der Waals surface area contributed by atoms with Crippen molar-refractivity contribution in [2.45, 2.75) is 18.7 Å². The molecule has 2 rings (SSSR count). The van der Waals surface area contributed by atoms with Gasteiger partial charge in [0.2, 0.25) is 5.91 Å². The second-order valence-electron chi connectivity index (χ2n) is 5.63. The molecule has 0 bridgehead atoms. The molecule has 1 aromatic heterocycles. The second kappa shape index (κ2) is 7.00. The van der Waals surface area contributed by atoms with Crippen LogP contribution in [0.4, 0.5) is 0 Å². The third-order valence-electron chi connectivity index (χ3n) is 3.51. The molecule has 130 valence electrons. The highest BCUT2D eigenvalue weighted by atomic mass is 32.2. The first-order valence-corrected chi connectivity index (χ1v) is 9.31. The largest absolute Gasteiger partial charge is 0.481 e. The highest BCUT2D eigenvalue weighted by Crippen LogP contribution is 2.18. The number of benzene rings is 1. The number of carboxylic acid groups (broad SMARTS) is 1. The van der Waals surface area contributed by atoms with Gasteiger partial charge in [-0.15, -0.1) is 0 Å². The lowest BCUT2D eigenvalue weighted by atomic mass is 10.3. The summed E-state index contributed by atoms with van der Waals surface area (Å²) in [5.41, 5.74) is 1.27. The molecule has 8 nitrogen and oxygen atoms in total. The molecule has 1 heterocycles. The molecule has 2 aromatic rings. The number of carbonyl (C=O) groups excluding carboxylic acids is 1. The maximum Gasteiger partial charge on any atom is 0.305 e. The zero-order chi connectivity index (χ0) is 17.9. The smallest absolute Gasteiger partial charge is 0.305 e. The van der Waals surface area contributed by atoms with Crippen molar-refractivity contribution in [3.05, 3.63) is 30.1 Å². The Morgan fingerprint density at radius 3 is 2.58 bits per heavy atom. The van der Waals surface area contributed by atoms with Crippen molar-refractivity contribution >= 4 is 32.7 Å². The van der Waals surface area contributed by atoms with Gasteiger partial charge in [-0.05, 0) is 12.1 Å². The molecule has 0 spiro atoms. The Balaban J connectivity index is 2.30. The number of imidazole rings is 1. The zero-order valence-corrected chi connectivity index (χ0v) is 14.3. The van der Waals surface area contributed by atoms with Gasteiger partial charge in [0.1, 0.15) is 18.1 Å². The van der Waals surface area contributed by atoms with E-state index in [-0.39, 0.29) is 31.2 Å². The van der Waals surface area contributed by atoms with Gasteiger partial charge in [-0.25, -0.2) is 13.4 Å². The van der Waals surface area contributed by atoms with Gasteiger partial charge in [-0.1, -0.05) is 12.1 Å². The monoisotopic (exact) mass is 353 g/mol. The SMILES string of the molecule is CN(CCC(=O)O)C(=O)Cn1c(CS(C)(=O)=O)nc2ccccc21. The second-order valence-corrected chi connectivity index (χ2v) is 7.77. The number of hydrogen-bond acceptors (Lipinski definition) is 5. The van der Waals surface area contributed by atoms with Crippen LogP contribution in [0.3, 0.4) is 0 Å². The van der Waals surface area contributed by atoms with E-state index < -0.39 is 15.8 Å². The highest BCUT2D eigenvalue weighted by molar-refractivity contribution is 7.89. The number of amides is 1. The summed E-state index contributed by atoms with van der Waals surface area (Å²) in [6.07, 6.45) is 0.959. The molecule has 1 amide bonds. The molecule has 9 heteroatoms. The van der Waals surface area contributed by atoms with Gasteiger partial charge < -0.3 is 14.6 Å². The molecule has 0 saturated carbocycles. The van der Waals surface area contributed by atoms with Crippen molar-refractivity contribution in [1.82, 2.24) is 14.5 Å². The van der Waals surface area contributed by atoms with Crippen molar-refractivity contribution in [3.8, 4) is 0 Å². The zero-order valence-electron chi connectivity index (χ0n) is 13.5. The van der Waals surface area contributed by atoms with Crippen molar-refractivity contribution in [2.75, 3.05) is 19.8 Å². The van der Waals surface area contributed by atoms with Crippen molar-refractivity contribution in [2.24, 2.45) is 0 Å². The van der Waals surface area contributed by atoms with Crippen LogP contribution in [0.5, 0.6) is 0 Å². The predicted octanol–water partition coefficient (Wildman–Crippen LogP) is 0.514. The Morgan fingerprint density at radius 1 is 1.29 bits per heavy atom. The summed E-state index contributed by atoms with van der Waals surface area (Å²) in [5, 5.41) is 8.69. The molecule has 0 atom stereocenters. The van der Waals surface area contributed by atoms with Crippen molar-refractivity contribution in [1.29, 1.82) is 0 Å². The van der Waals surface area contributed by atoms with E-state index in [1.807, 2.05) is 0 Å². The predicted molar refractivity (Wildman–Crippen MR) is 88.2 cm³/mol. The standard InChI is InChI=1S/C15H19N3O5S/c1-17(8-7-15(20)21)14(19)9-18-12-6-4-3-5-11(12)16-13(18)10-24(2,22)23/h3-6H,7-10H2,1-2H3,(H,20,21). The van der Waals surface area contributed by atoms with Crippen LogP contribution in [0, 0.1) is 0 Å². The number of sulfone groups is 1. The maximum atomic E-state index is 12.3. The Hall–Kier alpha value is -2.42. The van der Waals surface area contributed by atoms with Crippen LogP contribution in [0.2, 0.25) is 0 Å². The molecule has 0 fully saturated rings. The van der Waals surface area contributed by atoms with Crippen LogP contribution < -0.4 is 0 Å². The lowest BCUT2D eigenvalue weighted by Gasteiger charge is -2.17. The summed E-state index contributed by atoms with van der Waals surface area (Å²) in [4.78, 5) is 28.5. The van der Waals surface area contributed by atoms with E-state index in [9.17, 15) is 18.0 Å². The van der Waals surface area contributed by atoms with Gasteiger partial charge in [0.15, 0.2) is 9.84 Å². The van der Waals surface area contributed by atoms with Gasteiger partial charge in [0.25, 0.3) is 0 Å². The first-order chi connectivity index (χ1) is 11.2. The number of aromatic nitrogens is 2. The van der Waals surface area contributed by atoms with Crippen molar-refractivity contribution in [3.63, 3.8) is 0 Å². The minimum absolute atomic E-state index is 0.0855. The van der Waals surface area contributed by atoms with Gasteiger partial charge in [0.05, 0.1) is 17.5 Å². The van der Waals surface area contributed by atoms with E-state index >= 15 is 0 Å². The quantitative estimate of drug-likeness (QED) is 0.777. The van der Waals surface area contributed by atoms with Crippen LogP contribution in [-0.2, 0) is 31.7 Å². The number of hydrogen-bond donors (Lipinski definition) is 1. The lowest BCUT2D eigenvalue weighted by Crippen LogP contribution is -2.32. The molecule has 0 radical (unpaired) electrons. The van der Waals surface area contributed by atoms with E-state index in [1.165, 1.54) is 11.9 Å². The summed E-state index contributed by atoms with van der Waals surface area (Å²) in [6.45, 7) is -0.0102. The molecular weight excluding hydrogens is 334 g/mol. The van der Waals surface area contributed by atoms with Gasteiger partial charge in [0, 0.05) is 19.8 Å². The number of aliphatic carboxylic acids is 1. The average Bonchev–Trinajstić information content (AvgIpc) is 2.80. The minimum atomic E-state index is -3.31. The third-order valence-corrected chi connectivity index (χ3v) is 4.29. The van der Waals surface area contributed by atoms with E-state index in [2.05, 4.69) is 4.98 Å². The molecule has 0 unspecified atom stereocenters. The van der Waals surface area contributed by atoms with Crippen molar-refractivity contribution < 1.29 is 23.1 Å². The third kappa shape index (κ3) is 4.54. The fourth-order valence-electron chi connectivity index (χ4n) is 2.29. The van der Waals surface area contributed by atoms with Crippen LogP contribution in [0.15, 0.2) is 24.3 Å². The van der Waals surface area contributed by atoms with Gasteiger partial charge in [-0.3, -0.25) is 9.59 Å². The fraction of sp³-hybridized carbons (Fsp3) is 0.400. The number of nitrogens with zero attached hydrogens (tertiary/aromatic N) is 3. The van der Waals surface area contributed by atoms with Crippen LogP contribution >= 0.6 is 0 Å². The molecule has 0 aliphatic rings.